The van der Waals surface area contributed by atoms with Crippen molar-refractivity contribution >= 4 is 35.0 Å². The SMILES string of the molecule is Cc1cc(Nc2cc(N3CCN(C)CC3)nc(C[C@@H]3CCCN(C(=O)c4ccccc4Cl)C3)n2)n[nH]1. The molecule has 2 fully saturated rings. The molecule has 1 amide bonds. The fourth-order valence-corrected chi connectivity index (χ4v) is 5.15. The average molecular weight is 509 g/mol. The van der Waals surface area contributed by atoms with Crippen LogP contribution in [-0.4, -0.2) is 82.2 Å². The van der Waals surface area contributed by atoms with Crippen LogP contribution in [0.25, 0.3) is 0 Å². The number of benzene rings is 1. The zero-order chi connectivity index (χ0) is 25.1. The molecule has 2 saturated heterocycles. The predicted octanol–water partition coefficient (Wildman–Crippen LogP) is 3.75. The lowest BCUT2D eigenvalue weighted by molar-refractivity contribution is 0.0672. The minimum atomic E-state index is -0.00587. The number of hydrogen-bond donors (Lipinski definition) is 2. The summed E-state index contributed by atoms with van der Waals surface area (Å²) in [6.07, 6.45) is 2.70. The monoisotopic (exact) mass is 508 g/mol. The Balaban J connectivity index is 1.34. The topological polar surface area (TPSA) is 93.3 Å². The summed E-state index contributed by atoms with van der Waals surface area (Å²) in [5.74, 6) is 3.47. The molecule has 0 aliphatic carbocycles. The fourth-order valence-electron chi connectivity index (χ4n) is 4.93. The minimum absolute atomic E-state index is 0.00587. The van der Waals surface area contributed by atoms with Gasteiger partial charge in [-0.05, 0) is 44.9 Å². The molecule has 2 aromatic heterocycles. The largest absolute Gasteiger partial charge is 0.354 e. The van der Waals surface area contributed by atoms with Crippen molar-refractivity contribution in [3.63, 3.8) is 0 Å². The van der Waals surface area contributed by atoms with Crippen LogP contribution in [-0.2, 0) is 6.42 Å². The molecule has 5 rings (SSSR count). The lowest BCUT2D eigenvalue weighted by Crippen LogP contribution is -2.45. The van der Waals surface area contributed by atoms with E-state index in [2.05, 4.69) is 32.4 Å². The number of carbonyl (C=O) groups excluding carboxylic acids is 1. The molecule has 9 nitrogen and oxygen atoms in total. The number of rotatable bonds is 6. The Bertz CT molecular complexity index is 1210. The van der Waals surface area contributed by atoms with E-state index in [0.29, 0.717) is 23.6 Å². The Labute approximate surface area is 216 Å². The first-order chi connectivity index (χ1) is 17.4. The first-order valence-corrected chi connectivity index (χ1v) is 13.0. The molecule has 0 radical (unpaired) electrons. The Morgan fingerprint density at radius 1 is 1.11 bits per heavy atom. The van der Waals surface area contributed by atoms with E-state index in [1.165, 1.54) is 0 Å². The zero-order valence-electron chi connectivity index (χ0n) is 20.9. The Morgan fingerprint density at radius 2 is 1.92 bits per heavy atom. The summed E-state index contributed by atoms with van der Waals surface area (Å²) in [6.45, 7) is 7.25. The van der Waals surface area contributed by atoms with E-state index in [-0.39, 0.29) is 11.8 Å². The first kappa shape index (κ1) is 24.5. The van der Waals surface area contributed by atoms with Crippen molar-refractivity contribution in [3.05, 3.63) is 58.5 Å². The van der Waals surface area contributed by atoms with Crippen molar-refractivity contribution < 1.29 is 4.79 Å². The highest BCUT2D eigenvalue weighted by Crippen LogP contribution is 2.26. The predicted molar refractivity (Wildman–Crippen MR) is 142 cm³/mol. The van der Waals surface area contributed by atoms with Gasteiger partial charge in [0.05, 0.1) is 10.6 Å². The standard InChI is InChI=1S/C26H33ClN8O/c1-18-14-24(32-31-18)29-23-16-25(34-12-10-33(2)11-13-34)30-22(28-23)15-19-6-5-9-35(17-19)26(36)20-7-3-4-8-21(20)27/h3-4,7-8,14,16,19H,5-6,9-13,15,17H2,1-2H3,(H2,28,29,30,31,32)/t19-/m0/s1. The normalized spacial score (nSPS) is 18.9. The van der Waals surface area contributed by atoms with Gasteiger partial charge in [0.1, 0.15) is 17.5 Å². The van der Waals surface area contributed by atoms with E-state index in [4.69, 9.17) is 21.6 Å². The molecule has 0 saturated carbocycles. The van der Waals surface area contributed by atoms with Gasteiger partial charge in [0.25, 0.3) is 5.91 Å². The Hall–Kier alpha value is -3.17. The van der Waals surface area contributed by atoms with Crippen LogP contribution in [0.15, 0.2) is 36.4 Å². The van der Waals surface area contributed by atoms with Gasteiger partial charge < -0.3 is 20.0 Å². The van der Waals surface area contributed by atoms with Crippen molar-refractivity contribution in [3.8, 4) is 0 Å². The number of carbonyl (C=O) groups is 1. The molecule has 1 atom stereocenters. The van der Waals surface area contributed by atoms with Gasteiger partial charge in [-0.1, -0.05) is 23.7 Å². The molecule has 1 aromatic carbocycles. The molecule has 10 heteroatoms. The molecule has 0 unspecified atom stereocenters. The summed E-state index contributed by atoms with van der Waals surface area (Å²) < 4.78 is 0. The third-order valence-corrected chi connectivity index (χ3v) is 7.26. The van der Waals surface area contributed by atoms with Crippen LogP contribution in [0, 0.1) is 12.8 Å². The average Bonchev–Trinajstić information content (AvgIpc) is 3.28. The molecule has 36 heavy (non-hydrogen) atoms. The van der Waals surface area contributed by atoms with Crippen LogP contribution in [0.3, 0.4) is 0 Å². The second kappa shape index (κ2) is 10.8. The van der Waals surface area contributed by atoms with Gasteiger partial charge in [0.15, 0.2) is 5.82 Å². The maximum absolute atomic E-state index is 13.1. The van der Waals surface area contributed by atoms with E-state index >= 15 is 0 Å². The lowest BCUT2D eigenvalue weighted by Gasteiger charge is -2.34. The summed E-state index contributed by atoms with van der Waals surface area (Å²) in [4.78, 5) is 29.5. The number of halogens is 1. The highest BCUT2D eigenvalue weighted by Gasteiger charge is 2.27. The fraction of sp³-hybridized carbons (Fsp3) is 0.462. The third kappa shape index (κ3) is 5.79. The van der Waals surface area contributed by atoms with Crippen molar-refractivity contribution in [1.82, 2.24) is 30.0 Å². The Morgan fingerprint density at radius 3 is 2.67 bits per heavy atom. The van der Waals surface area contributed by atoms with Gasteiger partial charge in [-0.15, -0.1) is 0 Å². The van der Waals surface area contributed by atoms with E-state index < -0.39 is 0 Å². The van der Waals surface area contributed by atoms with Crippen molar-refractivity contribution in [2.24, 2.45) is 5.92 Å². The summed E-state index contributed by atoms with van der Waals surface area (Å²) in [5.41, 5.74) is 1.55. The van der Waals surface area contributed by atoms with Gasteiger partial charge in [-0.25, -0.2) is 9.97 Å². The van der Waals surface area contributed by atoms with Gasteiger partial charge in [-0.2, -0.15) is 5.10 Å². The van der Waals surface area contributed by atoms with Crippen LogP contribution < -0.4 is 10.2 Å². The minimum Gasteiger partial charge on any atom is -0.354 e. The second-order valence-electron chi connectivity index (χ2n) is 9.82. The number of anilines is 3. The molecular weight excluding hydrogens is 476 g/mol. The van der Waals surface area contributed by atoms with E-state index in [0.717, 1.165) is 74.5 Å². The molecule has 190 valence electrons. The molecule has 4 heterocycles. The smallest absolute Gasteiger partial charge is 0.255 e. The number of amides is 1. The number of nitrogens with one attached hydrogen (secondary N) is 2. The van der Waals surface area contributed by atoms with Crippen molar-refractivity contribution in [1.29, 1.82) is 0 Å². The summed E-state index contributed by atoms with van der Waals surface area (Å²) in [5, 5.41) is 11.1. The van der Waals surface area contributed by atoms with E-state index in [1.807, 2.05) is 36.1 Å². The number of likely N-dealkylation sites (N-methyl/N-ethyl adjacent to an activating group) is 1. The Kier molecular flexibility index (Phi) is 7.38. The van der Waals surface area contributed by atoms with Gasteiger partial charge in [0.2, 0.25) is 0 Å². The molecule has 0 spiro atoms. The van der Waals surface area contributed by atoms with E-state index in [9.17, 15) is 4.79 Å². The highest BCUT2D eigenvalue weighted by atomic mass is 35.5. The van der Waals surface area contributed by atoms with Crippen molar-refractivity contribution in [2.45, 2.75) is 26.2 Å². The number of aromatic amines is 1. The lowest BCUT2D eigenvalue weighted by atomic mass is 9.94. The van der Waals surface area contributed by atoms with Crippen LogP contribution in [0.4, 0.5) is 17.5 Å². The zero-order valence-corrected chi connectivity index (χ0v) is 21.6. The molecule has 2 aliphatic rings. The number of piperidine rings is 1. The number of piperazine rings is 1. The molecule has 2 aliphatic heterocycles. The van der Waals surface area contributed by atoms with E-state index in [1.54, 1.807) is 12.1 Å². The van der Waals surface area contributed by atoms with Gasteiger partial charge >= 0.3 is 0 Å². The maximum atomic E-state index is 13.1. The maximum Gasteiger partial charge on any atom is 0.255 e. The van der Waals surface area contributed by atoms with Crippen LogP contribution in [0.5, 0.6) is 0 Å². The first-order valence-electron chi connectivity index (χ1n) is 12.6. The number of aromatic nitrogens is 4. The quantitative estimate of drug-likeness (QED) is 0.523. The van der Waals surface area contributed by atoms with Crippen LogP contribution in [0.2, 0.25) is 5.02 Å². The molecular formula is C26H33ClN8O. The third-order valence-electron chi connectivity index (χ3n) is 6.93. The number of nitrogens with zero attached hydrogens (tertiary/aromatic N) is 6. The number of aryl methyl sites for hydroxylation is 1. The van der Waals surface area contributed by atoms with Crippen molar-refractivity contribution in [2.75, 3.05) is 56.5 Å². The number of hydrogen-bond acceptors (Lipinski definition) is 7. The number of H-pyrrole nitrogens is 1. The summed E-state index contributed by atoms with van der Waals surface area (Å²) >= 11 is 6.30. The highest BCUT2D eigenvalue weighted by molar-refractivity contribution is 6.33. The molecule has 0 bridgehead atoms. The van der Waals surface area contributed by atoms with Gasteiger partial charge in [-0.3, -0.25) is 9.89 Å². The second-order valence-corrected chi connectivity index (χ2v) is 10.2. The summed E-state index contributed by atoms with van der Waals surface area (Å²) in [7, 11) is 2.15. The summed E-state index contributed by atoms with van der Waals surface area (Å²) in [6, 6.07) is 11.2. The number of likely N-dealkylation sites (tertiary alicyclic amines) is 1. The van der Waals surface area contributed by atoms with Gasteiger partial charge in [0, 0.05) is 63.5 Å². The van der Waals surface area contributed by atoms with Crippen LogP contribution >= 0.6 is 11.6 Å². The molecule has 3 aromatic rings. The van der Waals surface area contributed by atoms with Crippen LogP contribution in [0.1, 0.15) is 34.7 Å². The molecule has 2 N–H and O–H groups in total.